The zero-order valence-electron chi connectivity index (χ0n) is 8.76. The van der Waals surface area contributed by atoms with E-state index in [1.165, 1.54) is 6.42 Å². The van der Waals surface area contributed by atoms with Gasteiger partial charge in [0.1, 0.15) is 5.76 Å². The lowest BCUT2D eigenvalue weighted by Crippen LogP contribution is -2.30. The lowest BCUT2D eigenvalue weighted by atomic mass is 10.2. The van der Waals surface area contributed by atoms with Gasteiger partial charge in [-0.25, -0.2) is 4.98 Å². The fourth-order valence-corrected chi connectivity index (χ4v) is 1.80. The summed E-state index contributed by atoms with van der Waals surface area (Å²) in [4.78, 5) is 4.23. The average Bonchev–Trinajstić information content (AvgIpc) is 2.72. The highest BCUT2D eigenvalue weighted by atomic mass is 16.4. The summed E-state index contributed by atoms with van der Waals surface area (Å²) in [5.74, 6) is 1.72. The molecule has 1 fully saturated rings. The molecule has 0 aromatic carbocycles. The second-order valence-corrected chi connectivity index (χ2v) is 3.81. The van der Waals surface area contributed by atoms with Gasteiger partial charge in [-0.05, 0) is 19.9 Å². The molecule has 4 heteroatoms. The van der Waals surface area contributed by atoms with Gasteiger partial charge in [-0.1, -0.05) is 0 Å². The number of hydrogen-bond acceptors (Lipinski definition) is 4. The van der Waals surface area contributed by atoms with Crippen molar-refractivity contribution in [3.8, 4) is 0 Å². The molecule has 0 aliphatic carbocycles. The van der Waals surface area contributed by atoms with E-state index >= 15 is 0 Å². The van der Waals surface area contributed by atoms with Crippen molar-refractivity contribution in [1.82, 2.24) is 15.6 Å². The Kier molecular flexibility index (Phi) is 2.84. The summed E-state index contributed by atoms with van der Waals surface area (Å²) in [6.07, 6.45) is 1.20. The summed E-state index contributed by atoms with van der Waals surface area (Å²) in [6.45, 7) is 6.84. The van der Waals surface area contributed by atoms with E-state index in [9.17, 15) is 0 Å². The molecule has 1 unspecified atom stereocenters. The molecule has 1 aliphatic heterocycles. The topological polar surface area (TPSA) is 50.1 Å². The molecule has 2 rings (SSSR count). The van der Waals surface area contributed by atoms with E-state index in [4.69, 9.17) is 4.42 Å². The molecular weight excluding hydrogens is 178 g/mol. The van der Waals surface area contributed by atoms with E-state index in [0.717, 1.165) is 37.0 Å². The predicted octanol–water partition coefficient (Wildman–Crippen LogP) is 0.743. The van der Waals surface area contributed by atoms with Crippen LogP contribution in [-0.4, -0.2) is 24.1 Å². The van der Waals surface area contributed by atoms with Gasteiger partial charge in [0.05, 0.1) is 12.2 Å². The zero-order valence-corrected chi connectivity index (χ0v) is 8.76. The van der Waals surface area contributed by atoms with Crippen LogP contribution in [0.3, 0.4) is 0 Å². The van der Waals surface area contributed by atoms with E-state index < -0.39 is 0 Å². The summed E-state index contributed by atoms with van der Waals surface area (Å²) >= 11 is 0. The van der Waals surface area contributed by atoms with E-state index in [1.807, 2.05) is 13.8 Å². The average molecular weight is 195 g/mol. The van der Waals surface area contributed by atoms with Gasteiger partial charge in [-0.3, -0.25) is 0 Å². The minimum Gasteiger partial charge on any atom is -0.444 e. The van der Waals surface area contributed by atoms with Crippen molar-refractivity contribution < 1.29 is 4.42 Å². The van der Waals surface area contributed by atoms with Gasteiger partial charge in [-0.2, -0.15) is 0 Å². The van der Waals surface area contributed by atoms with Gasteiger partial charge in [0.2, 0.25) is 0 Å². The normalized spacial score (nSPS) is 21.7. The first-order valence-corrected chi connectivity index (χ1v) is 5.12. The van der Waals surface area contributed by atoms with Crippen LogP contribution >= 0.6 is 0 Å². The summed E-state index contributed by atoms with van der Waals surface area (Å²) in [6, 6.07) is 0.583. The van der Waals surface area contributed by atoms with Gasteiger partial charge in [0.25, 0.3) is 0 Å². The standard InChI is InChI=1S/C10H17N3O/c1-7-10(14-8(2)13-7)6-12-9-3-4-11-5-9/h9,11-12H,3-6H2,1-2H3. The van der Waals surface area contributed by atoms with Crippen molar-refractivity contribution in [2.75, 3.05) is 13.1 Å². The van der Waals surface area contributed by atoms with Crippen LogP contribution in [0.1, 0.15) is 23.8 Å². The van der Waals surface area contributed by atoms with Gasteiger partial charge in [0.15, 0.2) is 5.89 Å². The number of aryl methyl sites for hydroxylation is 2. The number of nitrogens with one attached hydrogen (secondary N) is 2. The molecule has 1 saturated heterocycles. The lowest BCUT2D eigenvalue weighted by Gasteiger charge is -2.09. The number of hydrogen-bond donors (Lipinski definition) is 2. The molecule has 2 heterocycles. The molecule has 0 bridgehead atoms. The number of rotatable bonds is 3. The maximum absolute atomic E-state index is 5.48. The number of oxazole rings is 1. The Bertz CT molecular complexity index is 302. The second-order valence-electron chi connectivity index (χ2n) is 3.81. The summed E-state index contributed by atoms with van der Waals surface area (Å²) in [7, 11) is 0. The SMILES string of the molecule is Cc1nc(C)c(CNC2CCNC2)o1. The van der Waals surface area contributed by atoms with Gasteiger partial charge >= 0.3 is 0 Å². The Morgan fingerprint density at radius 1 is 1.57 bits per heavy atom. The monoisotopic (exact) mass is 195 g/mol. The van der Waals surface area contributed by atoms with Crippen molar-refractivity contribution in [3.05, 3.63) is 17.3 Å². The molecule has 0 amide bonds. The summed E-state index contributed by atoms with van der Waals surface area (Å²) < 4.78 is 5.48. The van der Waals surface area contributed by atoms with Gasteiger partial charge < -0.3 is 15.1 Å². The van der Waals surface area contributed by atoms with Gasteiger partial charge in [-0.15, -0.1) is 0 Å². The molecule has 2 N–H and O–H groups in total. The summed E-state index contributed by atoms with van der Waals surface area (Å²) in [5.41, 5.74) is 1.00. The molecule has 0 radical (unpaired) electrons. The van der Waals surface area contributed by atoms with E-state index in [2.05, 4.69) is 15.6 Å². The van der Waals surface area contributed by atoms with Crippen molar-refractivity contribution in [3.63, 3.8) is 0 Å². The van der Waals surface area contributed by atoms with Crippen LogP contribution < -0.4 is 10.6 Å². The maximum Gasteiger partial charge on any atom is 0.191 e. The number of nitrogens with zero attached hydrogens (tertiary/aromatic N) is 1. The predicted molar refractivity (Wildman–Crippen MR) is 54.1 cm³/mol. The fraction of sp³-hybridized carbons (Fsp3) is 0.700. The fourth-order valence-electron chi connectivity index (χ4n) is 1.80. The quantitative estimate of drug-likeness (QED) is 0.747. The largest absolute Gasteiger partial charge is 0.444 e. The third kappa shape index (κ3) is 2.13. The lowest BCUT2D eigenvalue weighted by molar-refractivity contribution is 0.434. The van der Waals surface area contributed by atoms with Crippen LogP contribution in [0.4, 0.5) is 0 Å². The maximum atomic E-state index is 5.48. The van der Waals surface area contributed by atoms with Crippen LogP contribution in [0.15, 0.2) is 4.42 Å². The Labute approximate surface area is 84.1 Å². The van der Waals surface area contributed by atoms with Crippen molar-refractivity contribution in [1.29, 1.82) is 0 Å². The molecule has 1 aliphatic rings. The minimum atomic E-state index is 0.583. The second kappa shape index (κ2) is 4.11. The highest BCUT2D eigenvalue weighted by Crippen LogP contribution is 2.09. The smallest absolute Gasteiger partial charge is 0.191 e. The highest BCUT2D eigenvalue weighted by Gasteiger charge is 2.15. The van der Waals surface area contributed by atoms with E-state index in [0.29, 0.717) is 6.04 Å². The Balaban J connectivity index is 1.87. The van der Waals surface area contributed by atoms with Crippen LogP contribution in [0.5, 0.6) is 0 Å². The van der Waals surface area contributed by atoms with Crippen molar-refractivity contribution in [2.24, 2.45) is 0 Å². The van der Waals surface area contributed by atoms with E-state index in [1.54, 1.807) is 0 Å². The first-order valence-electron chi connectivity index (χ1n) is 5.12. The van der Waals surface area contributed by atoms with Crippen LogP contribution in [0, 0.1) is 13.8 Å². The molecular formula is C10H17N3O. The van der Waals surface area contributed by atoms with Crippen LogP contribution in [-0.2, 0) is 6.54 Å². The van der Waals surface area contributed by atoms with E-state index in [-0.39, 0.29) is 0 Å². The van der Waals surface area contributed by atoms with Crippen LogP contribution in [0.25, 0.3) is 0 Å². The molecule has 1 aromatic rings. The highest BCUT2D eigenvalue weighted by molar-refractivity contribution is 5.07. The first kappa shape index (κ1) is 9.68. The zero-order chi connectivity index (χ0) is 9.97. The Morgan fingerprint density at radius 2 is 2.43 bits per heavy atom. The summed E-state index contributed by atoms with van der Waals surface area (Å²) in [5, 5.41) is 6.78. The minimum absolute atomic E-state index is 0.583. The molecule has 1 atom stereocenters. The first-order chi connectivity index (χ1) is 6.75. The third-order valence-corrected chi connectivity index (χ3v) is 2.61. The molecule has 1 aromatic heterocycles. The molecule has 4 nitrogen and oxygen atoms in total. The molecule has 0 saturated carbocycles. The van der Waals surface area contributed by atoms with Gasteiger partial charge in [0, 0.05) is 19.5 Å². The van der Waals surface area contributed by atoms with Crippen molar-refractivity contribution >= 4 is 0 Å². The third-order valence-electron chi connectivity index (χ3n) is 2.61. The Hall–Kier alpha value is -0.870. The molecule has 0 spiro atoms. The Morgan fingerprint density at radius 3 is 3.00 bits per heavy atom. The molecule has 14 heavy (non-hydrogen) atoms. The van der Waals surface area contributed by atoms with Crippen molar-refractivity contribution in [2.45, 2.75) is 32.9 Å². The number of aromatic nitrogens is 1. The molecule has 78 valence electrons. The van der Waals surface area contributed by atoms with Crippen LogP contribution in [0.2, 0.25) is 0 Å².